The van der Waals surface area contributed by atoms with Gasteiger partial charge in [0.15, 0.2) is 0 Å². The smallest absolute Gasteiger partial charge is 0.338 e. The van der Waals surface area contributed by atoms with Crippen LogP contribution >= 0.6 is 0 Å². The van der Waals surface area contributed by atoms with Gasteiger partial charge in [0.25, 0.3) is 11.7 Å². The van der Waals surface area contributed by atoms with Crippen LogP contribution in [0.3, 0.4) is 0 Å². The molecular weight excluding hydrogens is 506 g/mol. The van der Waals surface area contributed by atoms with Crippen molar-refractivity contribution in [2.24, 2.45) is 5.92 Å². The molecule has 0 spiro atoms. The van der Waals surface area contributed by atoms with Crippen molar-refractivity contribution in [2.45, 2.75) is 53.7 Å². The zero-order valence-electron chi connectivity index (χ0n) is 23.7. The average Bonchev–Trinajstić information content (AvgIpc) is 3.18. The molecule has 3 aromatic carbocycles. The second kappa shape index (κ2) is 11.8. The van der Waals surface area contributed by atoms with Gasteiger partial charge in [0.05, 0.1) is 29.9 Å². The van der Waals surface area contributed by atoms with Gasteiger partial charge in [-0.05, 0) is 87.2 Å². The van der Waals surface area contributed by atoms with Crippen molar-refractivity contribution in [1.82, 2.24) is 0 Å². The van der Waals surface area contributed by atoms with Crippen LogP contribution in [0.4, 0.5) is 5.69 Å². The molecule has 0 radical (unpaired) electrons. The first-order chi connectivity index (χ1) is 19.0. The van der Waals surface area contributed by atoms with Crippen LogP contribution in [0.1, 0.15) is 66.3 Å². The van der Waals surface area contributed by atoms with E-state index in [1.165, 1.54) is 4.90 Å². The summed E-state index contributed by atoms with van der Waals surface area (Å²) in [6.07, 6.45) is -0.0201. The largest absolute Gasteiger partial charge is 0.507 e. The Morgan fingerprint density at radius 1 is 0.925 bits per heavy atom. The number of carbonyl (C=O) groups excluding carboxylic acids is 3. The molecule has 1 aliphatic rings. The SMILES string of the molecule is Cc1cccc(C2/C(=C(/O)c3ccc(OC(C)C)c(C)c3)C(=O)C(=O)N2c2ccc(C(=O)OCC(C)C)cc2)c1. The third-order valence-corrected chi connectivity index (χ3v) is 6.54. The van der Waals surface area contributed by atoms with Crippen LogP contribution in [-0.4, -0.2) is 35.5 Å². The lowest BCUT2D eigenvalue weighted by Crippen LogP contribution is -2.29. The fraction of sp³-hybridized carbons (Fsp3) is 0.303. The number of ether oxygens (including phenoxy) is 2. The first kappa shape index (κ1) is 28.6. The van der Waals surface area contributed by atoms with Crippen molar-refractivity contribution in [1.29, 1.82) is 0 Å². The minimum absolute atomic E-state index is 0.00653. The summed E-state index contributed by atoms with van der Waals surface area (Å²) in [7, 11) is 0. The summed E-state index contributed by atoms with van der Waals surface area (Å²) in [5, 5.41) is 11.5. The molecule has 7 nitrogen and oxygen atoms in total. The molecular formula is C33H35NO6. The molecule has 4 rings (SSSR count). The maximum Gasteiger partial charge on any atom is 0.338 e. The number of hydrogen-bond donors (Lipinski definition) is 1. The third kappa shape index (κ3) is 5.93. The molecule has 1 fully saturated rings. The van der Waals surface area contributed by atoms with Gasteiger partial charge in [0.1, 0.15) is 11.5 Å². The number of aliphatic hydroxyl groups is 1. The molecule has 1 heterocycles. The van der Waals surface area contributed by atoms with Gasteiger partial charge in [-0.3, -0.25) is 14.5 Å². The Kier molecular flexibility index (Phi) is 8.43. The topological polar surface area (TPSA) is 93.1 Å². The summed E-state index contributed by atoms with van der Waals surface area (Å²) >= 11 is 0. The Labute approximate surface area is 235 Å². The Morgan fingerprint density at radius 2 is 1.60 bits per heavy atom. The molecule has 1 N–H and O–H groups in total. The molecule has 0 aromatic heterocycles. The lowest BCUT2D eigenvalue weighted by molar-refractivity contribution is -0.132. The lowest BCUT2D eigenvalue weighted by Gasteiger charge is -2.26. The molecule has 1 saturated heterocycles. The summed E-state index contributed by atoms with van der Waals surface area (Å²) in [6, 6.07) is 18.2. The molecule has 0 aliphatic carbocycles. The Hall–Kier alpha value is -4.39. The fourth-order valence-corrected chi connectivity index (χ4v) is 4.68. The van der Waals surface area contributed by atoms with Crippen molar-refractivity contribution in [2.75, 3.05) is 11.5 Å². The Bertz CT molecular complexity index is 1470. The van der Waals surface area contributed by atoms with Gasteiger partial charge in [-0.15, -0.1) is 0 Å². The maximum absolute atomic E-state index is 13.5. The second-order valence-electron chi connectivity index (χ2n) is 10.8. The number of benzene rings is 3. The van der Waals surface area contributed by atoms with Gasteiger partial charge in [-0.1, -0.05) is 43.7 Å². The number of Topliss-reactive ketones (excluding diaryl/α,β-unsaturated/α-hetero) is 1. The van der Waals surface area contributed by atoms with Crippen molar-refractivity contribution >= 4 is 29.1 Å². The van der Waals surface area contributed by atoms with E-state index in [2.05, 4.69) is 0 Å². The first-order valence-electron chi connectivity index (χ1n) is 13.4. The molecule has 0 saturated carbocycles. The predicted octanol–water partition coefficient (Wildman–Crippen LogP) is 6.53. The number of amides is 1. The van der Waals surface area contributed by atoms with E-state index in [-0.39, 0.29) is 23.4 Å². The summed E-state index contributed by atoms with van der Waals surface area (Å²) < 4.78 is 11.1. The minimum Gasteiger partial charge on any atom is -0.507 e. The number of aliphatic hydroxyl groups excluding tert-OH is 1. The predicted molar refractivity (Wildman–Crippen MR) is 154 cm³/mol. The van der Waals surface area contributed by atoms with Crippen LogP contribution < -0.4 is 9.64 Å². The summed E-state index contributed by atoms with van der Waals surface area (Å²) in [4.78, 5) is 40.8. The highest BCUT2D eigenvalue weighted by molar-refractivity contribution is 6.51. The van der Waals surface area contributed by atoms with Crippen molar-refractivity contribution in [3.63, 3.8) is 0 Å². The zero-order chi connectivity index (χ0) is 29.1. The highest BCUT2D eigenvalue weighted by Gasteiger charge is 2.47. The molecule has 0 bridgehead atoms. The molecule has 208 valence electrons. The van der Waals surface area contributed by atoms with Gasteiger partial charge < -0.3 is 14.6 Å². The van der Waals surface area contributed by atoms with E-state index in [9.17, 15) is 19.5 Å². The Morgan fingerprint density at radius 3 is 2.20 bits per heavy atom. The van der Waals surface area contributed by atoms with Crippen LogP contribution in [0.25, 0.3) is 5.76 Å². The van der Waals surface area contributed by atoms with Crippen LogP contribution in [0.15, 0.2) is 72.3 Å². The van der Waals surface area contributed by atoms with E-state index in [0.29, 0.717) is 34.7 Å². The molecule has 1 unspecified atom stereocenters. The monoisotopic (exact) mass is 541 g/mol. The quantitative estimate of drug-likeness (QED) is 0.151. The van der Waals surface area contributed by atoms with E-state index in [4.69, 9.17) is 9.47 Å². The van der Waals surface area contributed by atoms with Crippen LogP contribution in [-0.2, 0) is 14.3 Å². The first-order valence-corrected chi connectivity index (χ1v) is 13.4. The second-order valence-corrected chi connectivity index (χ2v) is 10.8. The molecule has 7 heteroatoms. The number of nitrogens with zero attached hydrogens (tertiary/aromatic N) is 1. The van der Waals surface area contributed by atoms with E-state index >= 15 is 0 Å². The number of anilines is 1. The molecule has 1 amide bonds. The number of ketones is 1. The third-order valence-electron chi connectivity index (χ3n) is 6.54. The molecule has 1 aliphatic heterocycles. The fourth-order valence-electron chi connectivity index (χ4n) is 4.68. The number of carbonyl (C=O) groups is 3. The van der Waals surface area contributed by atoms with Crippen molar-refractivity contribution < 1.29 is 29.0 Å². The van der Waals surface area contributed by atoms with Crippen LogP contribution in [0.2, 0.25) is 0 Å². The summed E-state index contributed by atoms with van der Waals surface area (Å²) in [5.74, 6) is -1.40. The number of aryl methyl sites for hydroxylation is 2. The molecule has 3 aromatic rings. The van der Waals surface area contributed by atoms with Gasteiger partial charge >= 0.3 is 5.97 Å². The van der Waals surface area contributed by atoms with E-state index in [1.807, 2.05) is 65.8 Å². The standard InChI is InChI=1S/C33H35NO6/c1-19(2)18-39-33(38)23-10-13-26(14-11-23)34-29(24-9-7-8-21(5)16-24)28(31(36)32(34)37)30(35)25-12-15-27(22(6)17-25)40-20(3)4/h7-17,19-20,29,35H,18H2,1-6H3/b30-28-. The van der Waals surface area contributed by atoms with Crippen LogP contribution in [0, 0.1) is 19.8 Å². The summed E-state index contributed by atoms with van der Waals surface area (Å²) in [6.45, 7) is 11.8. The Balaban J connectivity index is 1.79. The van der Waals surface area contributed by atoms with Gasteiger partial charge in [0, 0.05) is 11.3 Å². The number of hydrogen-bond acceptors (Lipinski definition) is 6. The van der Waals surface area contributed by atoms with Gasteiger partial charge in [-0.2, -0.15) is 0 Å². The highest BCUT2D eigenvalue weighted by atomic mass is 16.5. The zero-order valence-corrected chi connectivity index (χ0v) is 23.7. The minimum atomic E-state index is -0.870. The highest BCUT2D eigenvalue weighted by Crippen LogP contribution is 2.42. The lowest BCUT2D eigenvalue weighted by atomic mass is 9.93. The normalized spacial score (nSPS) is 16.6. The van der Waals surface area contributed by atoms with Crippen molar-refractivity contribution in [3.8, 4) is 5.75 Å². The summed E-state index contributed by atoms with van der Waals surface area (Å²) in [5.41, 5.74) is 3.58. The van der Waals surface area contributed by atoms with E-state index in [1.54, 1.807) is 42.5 Å². The maximum atomic E-state index is 13.5. The van der Waals surface area contributed by atoms with E-state index in [0.717, 1.165) is 11.1 Å². The number of esters is 1. The van der Waals surface area contributed by atoms with Crippen molar-refractivity contribution in [3.05, 3.63) is 100 Å². The molecule has 1 atom stereocenters. The van der Waals surface area contributed by atoms with E-state index < -0.39 is 23.7 Å². The number of rotatable bonds is 8. The van der Waals surface area contributed by atoms with Gasteiger partial charge in [-0.25, -0.2) is 4.79 Å². The average molecular weight is 542 g/mol. The van der Waals surface area contributed by atoms with Crippen LogP contribution in [0.5, 0.6) is 5.75 Å². The molecule has 40 heavy (non-hydrogen) atoms. The van der Waals surface area contributed by atoms with Gasteiger partial charge in [0.2, 0.25) is 0 Å².